The van der Waals surface area contributed by atoms with Crippen molar-refractivity contribution in [3.8, 4) is 16.5 Å². The van der Waals surface area contributed by atoms with Crippen molar-refractivity contribution in [3.63, 3.8) is 0 Å². The molecule has 1 heterocycles. The fourth-order valence-corrected chi connectivity index (χ4v) is 2.20. The van der Waals surface area contributed by atoms with E-state index in [1.54, 1.807) is 12.1 Å². The summed E-state index contributed by atoms with van der Waals surface area (Å²) >= 11 is 1.19. The lowest BCUT2D eigenvalue weighted by atomic mass is 10.1. The van der Waals surface area contributed by atoms with Crippen LogP contribution in [0, 0.1) is 17.1 Å². The zero-order valence-electron chi connectivity index (χ0n) is 8.48. The van der Waals surface area contributed by atoms with Gasteiger partial charge in [0.15, 0.2) is 0 Å². The van der Waals surface area contributed by atoms with Gasteiger partial charge in [-0.15, -0.1) is 11.3 Å². The molecule has 0 unspecified atom stereocenters. The number of rotatable bonds is 2. The predicted octanol–water partition coefficient (Wildman–Crippen LogP) is 3.12. The van der Waals surface area contributed by atoms with Gasteiger partial charge in [-0.25, -0.2) is 9.18 Å². The van der Waals surface area contributed by atoms with Crippen LogP contribution in [0.5, 0.6) is 0 Å². The Kier molecular flexibility index (Phi) is 2.90. The summed E-state index contributed by atoms with van der Waals surface area (Å²) in [7, 11) is 0. The Balaban J connectivity index is 2.52. The summed E-state index contributed by atoms with van der Waals surface area (Å²) in [5, 5.41) is 17.5. The number of hydrogen-bond donors (Lipinski definition) is 1. The molecule has 1 N–H and O–H groups in total. The SMILES string of the molecule is N#Cc1ccc(-c2cc(F)cc(C(=O)O)c2)s1. The van der Waals surface area contributed by atoms with Crippen LogP contribution >= 0.6 is 11.3 Å². The van der Waals surface area contributed by atoms with Crippen LogP contribution in [0.15, 0.2) is 30.3 Å². The maximum Gasteiger partial charge on any atom is 0.335 e. The molecule has 5 heteroatoms. The molecule has 1 aromatic heterocycles. The van der Waals surface area contributed by atoms with E-state index in [0.717, 1.165) is 6.07 Å². The normalized spacial score (nSPS) is 9.88. The first-order valence-electron chi connectivity index (χ1n) is 4.64. The zero-order valence-corrected chi connectivity index (χ0v) is 9.29. The molecule has 2 rings (SSSR count). The van der Waals surface area contributed by atoms with Gasteiger partial charge in [-0.2, -0.15) is 5.26 Å². The third kappa shape index (κ3) is 2.32. The molecule has 0 aliphatic heterocycles. The minimum Gasteiger partial charge on any atom is -0.478 e. The molecule has 0 saturated carbocycles. The highest BCUT2D eigenvalue weighted by atomic mass is 32.1. The van der Waals surface area contributed by atoms with Gasteiger partial charge in [-0.1, -0.05) is 0 Å². The zero-order chi connectivity index (χ0) is 12.4. The summed E-state index contributed by atoms with van der Waals surface area (Å²) < 4.78 is 13.2. The second-order valence-corrected chi connectivity index (χ2v) is 4.39. The average molecular weight is 247 g/mol. The van der Waals surface area contributed by atoms with Crippen LogP contribution in [0.2, 0.25) is 0 Å². The lowest BCUT2D eigenvalue weighted by molar-refractivity contribution is 0.0696. The Bertz CT molecular complexity index is 628. The summed E-state index contributed by atoms with van der Waals surface area (Å²) in [4.78, 5) is 12.0. The van der Waals surface area contributed by atoms with E-state index < -0.39 is 11.8 Å². The molecule has 0 radical (unpaired) electrons. The summed E-state index contributed by atoms with van der Waals surface area (Å²) in [6, 6.07) is 8.86. The van der Waals surface area contributed by atoms with Crippen LogP contribution in [-0.4, -0.2) is 11.1 Å². The van der Waals surface area contributed by atoms with E-state index in [2.05, 4.69) is 0 Å². The van der Waals surface area contributed by atoms with Crippen LogP contribution in [0.1, 0.15) is 15.2 Å². The third-order valence-corrected chi connectivity index (χ3v) is 3.18. The van der Waals surface area contributed by atoms with Gasteiger partial charge in [0, 0.05) is 4.88 Å². The maximum atomic E-state index is 13.2. The number of carboxylic acids is 1. The highest BCUT2D eigenvalue weighted by molar-refractivity contribution is 7.16. The van der Waals surface area contributed by atoms with E-state index in [4.69, 9.17) is 10.4 Å². The van der Waals surface area contributed by atoms with E-state index in [1.165, 1.54) is 23.5 Å². The smallest absolute Gasteiger partial charge is 0.335 e. The summed E-state index contributed by atoms with van der Waals surface area (Å²) in [5.74, 6) is -1.78. The first-order valence-corrected chi connectivity index (χ1v) is 5.46. The van der Waals surface area contributed by atoms with Gasteiger partial charge >= 0.3 is 5.97 Å². The number of carbonyl (C=O) groups is 1. The Morgan fingerprint density at radius 2 is 2.12 bits per heavy atom. The molecule has 0 fully saturated rings. The van der Waals surface area contributed by atoms with Crippen molar-refractivity contribution in [2.24, 2.45) is 0 Å². The summed E-state index contributed by atoms with van der Waals surface area (Å²) in [6.07, 6.45) is 0. The van der Waals surface area contributed by atoms with E-state index in [-0.39, 0.29) is 5.56 Å². The Morgan fingerprint density at radius 3 is 2.71 bits per heavy atom. The van der Waals surface area contributed by atoms with E-state index in [1.807, 2.05) is 6.07 Å². The molecule has 0 atom stereocenters. The second kappa shape index (κ2) is 4.36. The fourth-order valence-electron chi connectivity index (χ4n) is 1.41. The molecule has 17 heavy (non-hydrogen) atoms. The van der Waals surface area contributed by atoms with Crippen molar-refractivity contribution in [3.05, 3.63) is 46.6 Å². The quantitative estimate of drug-likeness (QED) is 0.886. The molecule has 84 valence electrons. The number of carboxylic acid groups (broad SMARTS) is 1. The lowest BCUT2D eigenvalue weighted by Gasteiger charge is -2.00. The van der Waals surface area contributed by atoms with Crippen molar-refractivity contribution in [1.82, 2.24) is 0 Å². The Morgan fingerprint density at radius 1 is 1.35 bits per heavy atom. The average Bonchev–Trinajstić information content (AvgIpc) is 2.76. The van der Waals surface area contributed by atoms with Gasteiger partial charge in [-0.3, -0.25) is 0 Å². The molecule has 0 bridgehead atoms. The molecular weight excluding hydrogens is 241 g/mol. The minimum atomic E-state index is -1.18. The first kappa shape index (κ1) is 11.3. The van der Waals surface area contributed by atoms with Crippen LogP contribution in [0.4, 0.5) is 4.39 Å². The molecule has 0 spiro atoms. The fraction of sp³-hybridized carbons (Fsp3) is 0. The molecule has 0 aliphatic rings. The van der Waals surface area contributed by atoms with Crippen LogP contribution in [0.25, 0.3) is 10.4 Å². The molecular formula is C12H6FNO2S. The maximum absolute atomic E-state index is 13.2. The molecule has 0 amide bonds. The van der Waals surface area contributed by atoms with Crippen molar-refractivity contribution >= 4 is 17.3 Å². The topological polar surface area (TPSA) is 61.1 Å². The molecule has 1 aromatic carbocycles. The van der Waals surface area contributed by atoms with Crippen molar-refractivity contribution < 1.29 is 14.3 Å². The number of aromatic carboxylic acids is 1. The number of benzene rings is 1. The minimum absolute atomic E-state index is 0.105. The number of nitriles is 1. The standard InChI is InChI=1S/C12H6FNO2S/c13-9-4-7(3-8(5-9)12(15)16)11-2-1-10(6-14)17-11/h1-5H,(H,15,16). The Hall–Kier alpha value is -2.19. The van der Waals surface area contributed by atoms with Crippen LogP contribution in [-0.2, 0) is 0 Å². The van der Waals surface area contributed by atoms with E-state index in [9.17, 15) is 9.18 Å². The summed E-state index contributed by atoms with van der Waals surface area (Å²) in [5.41, 5.74) is 0.362. The van der Waals surface area contributed by atoms with E-state index >= 15 is 0 Å². The summed E-state index contributed by atoms with van der Waals surface area (Å²) in [6.45, 7) is 0. The Labute approximate surface area is 100 Å². The molecule has 3 nitrogen and oxygen atoms in total. The van der Waals surface area contributed by atoms with Gasteiger partial charge in [0.25, 0.3) is 0 Å². The number of halogens is 1. The molecule has 0 aliphatic carbocycles. The highest BCUT2D eigenvalue weighted by Gasteiger charge is 2.10. The number of hydrogen-bond acceptors (Lipinski definition) is 3. The third-order valence-electron chi connectivity index (χ3n) is 2.15. The van der Waals surface area contributed by atoms with Gasteiger partial charge in [0.2, 0.25) is 0 Å². The number of thiophene rings is 1. The van der Waals surface area contributed by atoms with Gasteiger partial charge in [0.05, 0.1) is 5.56 Å². The van der Waals surface area contributed by atoms with Crippen LogP contribution < -0.4 is 0 Å². The van der Waals surface area contributed by atoms with Crippen molar-refractivity contribution in [2.75, 3.05) is 0 Å². The van der Waals surface area contributed by atoms with Crippen LogP contribution in [0.3, 0.4) is 0 Å². The highest BCUT2D eigenvalue weighted by Crippen LogP contribution is 2.29. The largest absolute Gasteiger partial charge is 0.478 e. The number of nitrogens with zero attached hydrogens (tertiary/aromatic N) is 1. The molecule has 2 aromatic rings. The second-order valence-electron chi connectivity index (χ2n) is 3.31. The van der Waals surface area contributed by atoms with E-state index in [0.29, 0.717) is 15.3 Å². The van der Waals surface area contributed by atoms with Crippen molar-refractivity contribution in [2.45, 2.75) is 0 Å². The van der Waals surface area contributed by atoms with Crippen molar-refractivity contribution in [1.29, 1.82) is 5.26 Å². The van der Waals surface area contributed by atoms with Gasteiger partial charge in [0.1, 0.15) is 16.8 Å². The van der Waals surface area contributed by atoms with Gasteiger partial charge < -0.3 is 5.11 Å². The van der Waals surface area contributed by atoms with Gasteiger partial charge in [-0.05, 0) is 35.9 Å². The first-order chi connectivity index (χ1) is 8.10. The monoisotopic (exact) mass is 247 g/mol. The lowest BCUT2D eigenvalue weighted by Crippen LogP contribution is -1.97. The molecule has 0 saturated heterocycles. The predicted molar refractivity (Wildman–Crippen MR) is 61.4 cm³/mol.